The molecule has 1 aliphatic rings. The van der Waals surface area contributed by atoms with E-state index in [-0.39, 0.29) is 11.7 Å². The highest BCUT2D eigenvalue weighted by Gasteiger charge is 2.22. The van der Waals surface area contributed by atoms with E-state index in [0.717, 1.165) is 31.2 Å². The molecule has 3 heterocycles. The second kappa shape index (κ2) is 8.11. The molecule has 0 atom stereocenters. The number of amides is 1. The summed E-state index contributed by atoms with van der Waals surface area (Å²) in [4.78, 5) is 13.7. The van der Waals surface area contributed by atoms with Crippen LogP contribution in [0.1, 0.15) is 28.8 Å². The lowest BCUT2D eigenvalue weighted by Gasteiger charge is -2.09. The van der Waals surface area contributed by atoms with Crippen molar-refractivity contribution in [3.05, 3.63) is 32.8 Å². The van der Waals surface area contributed by atoms with Crippen LogP contribution < -0.4 is 5.32 Å². The molecule has 0 saturated carbocycles. The number of nitrogens with zero attached hydrogens (tertiary/aromatic N) is 4. The van der Waals surface area contributed by atoms with Crippen LogP contribution in [0, 0.1) is 11.3 Å². The number of thiophene rings is 1. The first-order valence-electron chi connectivity index (χ1n) is 8.69. The molecule has 0 unspecified atom stereocenters. The van der Waals surface area contributed by atoms with Crippen molar-refractivity contribution in [2.45, 2.75) is 30.8 Å². The van der Waals surface area contributed by atoms with Gasteiger partial charge >= 0.3 is 0 Å². The number of hydrogen-bond donors (Lipinski definition) is 1. The molecule has 0 fully saturated rings. The lowest BCUT2D eigenvalue weighted by atomic mass is 9.96. The maximum absolute atomic E-state index is 12.4. The molecule has 7 nitrogen and oxygen atoms in total. The summed E-state index contributed by atoms with van der Waals surface area (Å²) in [6, 6.07) is 5.86. The average Bonchev–Trinajstić information content (AvgIpc) is 3.36. The van der Waals surface area contributed by atoms with Crippen molar-refractivity contribution in [1.29, 1.82) is 5.26 Å². The molecule has 0 aromatic carbocycles. The zero-order valence-electron chi connectivity index (χ0n) is 15.0. The Morgan fingerprint density at radius 3 is 3.00 bits per heavy atom. The van der Waals surface area contributed by atoms with Gasteiger partial charge < -0.3 is 14.3 Å². The molecule has 3 aromatic rings. The van der Waals surface area contributed by atoms with Gasteiger partial charge in [0, 0.05) is 11.9 Å². The SMILES string of the molecule is Cn1c(SCC(=O)Nc2sc3c(c2C#N)CCCC3)nnc1-c1ccc(Br)o1. The highest BCUT2D eigenvalue weighted by Crippen LogP contribution is 2.37. The van der Waals surface area contributed by atoms with Crippen LogP contribution in [0.25, 0.3) is 11.6 Å². The maximum Gasteiger partial charge on any atom is 0.235 e. The molecule has 144 valence electrons. The second-order valence-electron chi connectivity index (χ2n) is 6.33. The highest BCUT2D eigenvalue weighted by atomic mass is 79.9. The first kappa shape index (κ1) is 19.2. The van der Waals surface area contributed by atoms with Crippen molar-refractivity contribution in [1.82, 2.24) is 14.8 Å². The van der Waals surface area contributed by atoms with Gasteiger partial charge in [-0.05, 0) is 59.3 Å². The molecule has 4 rings (SSSR count). The zero-order chi connectivity index (χ0) is 19.7. The molecular weight excluding hydrogens is 462 g/mol. The number of hydrogen-bond acceptors (Lipinski definition) is 7. The molecule has 1 amide bonds. The van der Waals surface area contributed by atoms with Gasteiger partial charge in [0.25, 0.3) is 0 Å². The summed E-state index contributed by atoms with van der Waals surface area (Å²) >= 11 is 6.09. The fraction of sp³-hybridized carbons (Fsp3) is 0.333. The molecule has 1 N–H and O–H groups in total. The number of furan rings is 1. The van der Waals surface area contributed by atoms with Crippen molar-refractivity contribution < 1.29 is 9.21 Å². The molecule has 0 aliphatic heterocycles. The fourth-order valence-electron chi connectivity index (χ4n) is 3.15. The molecule has 0 radical (unpaired) electrons. The van der Waals surface area contributed by atoms with Gasteiger partial charge in [0.1, 0.15) is 11.1 Å². The molecule has 10 heteroatoms. The van der Waals surface area contributed by atoms with E-state index < -0.39 is 0 Å². The Morgan fingerprint density at radius 1 is 1.43 bits per heavy atom. The van der Waals surface area contributed by atoms with Crippen LogP contribution in [-0.2, 0) is 24.7 Å². The first-order chi connectivity index (χ1) is 13.6. The molecule has 1 aliphatic carbocycles. The Hall–Kier alpha value is -2.09. The zero-order valence-corrected chi connectivity index (χ0v) is 18.2. The minimum atomic E-state index is -0.162. The van der Waals surface area contributed by atoms with Crippen molar-refractivity contribution >= 4 is 49.9 Å². The maximum atomic E-state index is 12.4. The van der Waals surface area contributed by atoms with E-state index in [1.54, 1.807) is 16.7 Å². The van der Waals surface area contributed by atoms with Crippen LogP contribution >= 0.6 is 39.0 Å². The van der Waals surface area contributed by atoms with Crippen LogP contribution in [-0.4, -0.2) is 26.4 Å². The highest BCUT2D eigenvalue weighted by molar-refractivity contribution is 9.10. The normalized spacial score (nSPS) is 13.2. The Kier molecular flexibility index (Phi) is 5.57. The van der Waals surface area contributed by atoms with Crippen molar-refractivity contribution in [3.8, 4) is 17.7 Å². The molecule has 0 saturated heterocycles. The number of nitriles is 1. The summed E-state index contributed by atoms with van der Waals surface area (Å²) in [6.45, 7) is 0. The number of aromatic nitrogens is 3. The molecule has 0 bridgehead atoms. The average molecular weight is 478 g/mol. The number of fused-ring (bicyclic) bond motifs is 1. The van der Waals surface area contributed by atoms with Crippen molar-refractivity contribution in [3.63, 3.8) is 0 Å². The smallest absolute Gasteiger partial charge is 0.235 e. The summed E-state index contributed by atoms with van der Waals surface area (Å²) in [5.74, 6) is 1.21. The van der Waals surface area contributed by atoms with E-state index in [4.69, 9.17) is 4.42 Å². The first-order valence-corrected chi connectivity index (χ1v) is 11.3. The number of thioether (sulfide) groups is 1. The van der Waals surface area contributed by atoms with Gasteiger partial charge in [-0.2, -0.15) is 5.26 Å². The number of carbonyl (C=O) groups excluding carboxylic acids is 1. The summed E-state index contributed by atoms with van der Waals surface area (Å²) in [5, 5.41) is 22.0. The summed E-state index contributed by atoms with van der Waals surface area (Å²) in [6.07, 6.45) is 4.15. The topological polar surface area (TPSA) is 96.7 Å². The quantitative estimate of drug-likeness (QED) is 0.547. The van der Waals surface area contributed by atoms with E-state index >= 15 is 0 Å². The number of nitrogens with one attached hydrogen (secondary N) is 1. The monoisotopic (exact) mass is 477 g/mol. The Morgan fingerprint density at radius 2 is 2.25 bits per heavy atom. The molecular formula is C18H16BrN5O2S2. The number of anilines is 1. The van der Waals surface area contributed by atoms with Crippen molar-refractivity contribution in [2.24, 2.45) is 7.05 Å². The molecule has 3 aromatic heterocycles. The number of halogens is 1. The van der Waals surface area contributed by atoms with Gasteiger partial charge in [-0.1, -0.05) is 11.8 Å². The minimum absolute atomic E-state index is 0.162. The van der Waals surface area contributed by atoms with E-state index in [9.17, 15) is 10.1 Å². The third-order valence-electron chi connectivity index (χ3n) is 4.50. The summed E-state index contributed by atoms with van der Waals surface area (Å²) < 4.78 is 7.91. The van der Waals surface area contributed by atoms with Crippen LogP contribution in [0.15, 0.2) is 26.4 Å². The predicted molar refractivity (Wildman–Crippen MR) is 111 cm³/mol. The lowest BCUT2D eigenvalue weighted by Crippen LogP contribution is -2.14. The summed E-state index contributed by atoms with van der Waals surface area (Å²) in [5.41, 5.74) is 1.74. The van der Waals surface area contributed by atoms with Gasteiger partial charge in [-0.15, -0.1) is 21.5 Å². The fourth-order valence-corrected chi connectivity index (χ4v) is 5.43. The van der Waals surface area contributed by atoms with Gasteiger partial charge in [-0.3, -0.25) is 4.79 Å². The van der Waals surface area contributed by atoms with Gasteiger partial charge in [0.05, 0.1) is 11.3 Å². The number of rotatable bonds is 5. The largest absolute Gasteiger partial charge is 0.446 e. The van der Waals surface area contributed by atoms with Crippen LogP contribution in [0.3, 0.4) is 0 Å². The van der Waals surface area contributed by atoms with E-state index in [1.807, 2.05) is 7.05 Å². The van der Waals surface area contributed by atoms with Gasteiger partial charge in [-0.25, -0.2) is 0 Å². The Balaban J connectivity index is 1.43. The minimum Gasteiger partial charge on any atom is -0.446 e. The third-order valence-corrected chi connectivity index (χ3v) is 7.15. The second-order valence-corrected chi connectivity index (χ2v) is 9.16. The summed E-state index contributed by atoms with van der Waals surface area (Å²) in [7, 11) is 1.83. The van der Waals surface area contributed by atoms with E-state index in [1.165, 1.54) is 28.0 Å². The number of aryl methyl sites for hydroxylation is 1. The number of carbonyl (C=O) groups is 1. The van der Waals surface area contributed by atoms with Gasteiger partial charge in [0.15, 0.2) is 21.4 Å². The Labute approximate surface area is 178 Å². The van der Waals surface area contributed by atoms with Gasteiger partial charge in [0.2, 0.25) is 5.91 Å². The van der Waals surface area contributed by atoms with Crippen molar-refractivity contribution in [2.75, 3.05) is 11.1 Å². The predicted octanol–water partition coefficient (Wildman–Crippen LogP) is 4.38. The standard InChI is InChI=1S/C18H16BrN5O2S2/c1-24-16(12-6-7-14(19)26-12)22-23-18(24)27-9-15(25)21-17-11(8-20)10-4-2-3-5-13(10)28-17/h6-7H,2-5,9H2,1H3,(H,21,25). The molecule has 0 spiro atoms. The van der Waals surface area contributed by atoms with E-state index in [0.29, 0.717) is 32.0 Å². The van der Waals surface area contributed by atoms with Crippen LogP contribution in [0.4, 0.5) is 5.00 Å². The van der Waals surface area contributed by atoms with Crippen LogP contribution in [0.5, 0.6) is 0 Å². The van der Waals surface area contributed by atoms with Crippen LogP contribution in [0.2, 0.25) is 0 Å². The van der Waals surface area contributed by atoms with E-state index in [2.05, 4.69) is 37.5 Å². The third kappa shape index (κ3) is 3.74. The lowest BCUT2D eigenvalue weighted by molar-refractivity contribution is -0.113. The Bertz CT molecular complexity index is 1080. The molecule has 28 heavy (non-hydrogen) atoms.